The standard InChI is InChI=1S/C21H31N3O4/c1-6-9-12-23(8-3)18(25)14-24-19(26)21(7-2,22-20(24)27)16-10-11-17(28-5)15(4)13-16/h10-11,13H,6-9,12,14H2,1-5H3,(H,22,27). The molecule has 0 radical (unpaired) electrons. The quantitative estimate of drug-likeness (QED) is 0.659. The molecule has 154 valence electrons. The Morgan fingerprint density at radius 1 is 1.25 bits per heavy atom. The van der Waals surface area contributed by atoms with Crippen molar-refractivity contribution in [2.24, 2.45) is 0 Å². The third-order valence-corrected chi connectivity index (χ3v) is 5.40. The number of likely N-dealkylation sites (N-methyl/N-ethyl adjacent to an activating group) is 1. The predicted octanol–water partition coefficient (Wildman–Crippen LogP) is 2.81. The Morgan fingerprint density at radius 2 is 1.96 bits per heavy atom. The van der Waals surface area contributed by atoms with Crippen molar-refractivity contribution in [3.05, 3.63) is 29.3 Å². The average molecular weight is 389 g/mol. The summed E-state index contributed by atoms with van der Waals surface area (Å²) in [6, 6.07) is 4.91. The van der Waals surface area contributed by atoms with E-state index in [1.807, 2.05) is 26.8 Å². The molecule has 0 aromatic heterocycles. The molecule has 1 heterocycles. The minimum absolute atomic E-state index is 0.211. The maximum atomic E-state index is 13.2. The van der Waals surface area contributed by atoms with Gasteiger partial charge in [-0.1, -0.05) is 26.3 Å². The molecule has 1 saturated heterocycles. The van der Waals surface area contributed by atoms with Crippen LogP contribution in [0.4, 0.5) is 4.79 Å². The molecule has 1 atom stereocenters. The first kappa shape index (κ1) is 21.7. The summed E-state index contributed by atoms with van der Waals surface area (Å²) in [7, 11) is 1.59. The summed E-state index contributed by atoms with van der Waals surface area (Å²) in [4.78, 5) is 41.2. The van der Waals surface area contributed by atoms with Crippen LogP contribution in [0.3, 0.4) is 0 Å². The number of aryl methyl sites for hydroxylation is 1. The van der Waals surface area contributed by atoms with Gasteiger partial charge >= 0.3 is 6.03 Å². The van der Waals surface area contributed by atoms with Crippen molar-refractivity contribution in [3.8, 4) is 5.75 Å². The van der Waals surface area contributed by atoms with E-state index in [1.165, 1.54) is 0 Å². The van der Waals surface area contributed by atoms with E-state index < -0.39 is 11.6 Å². The van der Waals surface area contributed by atoms with Gasteiger partial charge in [-0.15, -0.1) is 0 Å². The van der Waals surface area contributed by atoms with E-state index >= 15 is 0 Å². The topological polar surface area (TPSA) is 79.0 Å². The molecule has 1 N–H and O–H groups in total. The zero-order valence-corrected chi connectivity index (χ0v) is 17.5. The lowest BCUT2D eigenvalue weighted by atomic mass is 9.86. The maximum absolute atomic E-state index is 13.2. The monoisotopic (exact) mass is 389 g/mol. The molecule has 0 bridgehead atoms. The van der Waals surface area contributed by atoms with Crippen LogP contribution in [0.1, 0.15) is 51.2 Å². The fourth-order valence-electron chi connectivity index (χ4n) is 3.60. The number of benzene rings is 1. The van der Waals surface area contributed by atoms with Crippen LogP contribution in [-0.2, 0) is 15.1 Å². The van der Waals surface area contributed by atoms with E-state index in [2.05, 4.69) is 12.2 Å². The van der Waals surface area contributed by atoms with Crippen LogP contribution in [0, 0.1) is 6.92 Å². The van der Waals surface area contributed by atoms with Crippen molar-refractivity contribution in [2.45, 2.75) is 52.5 Å². The Morgan fingerprint density at radius 3 is 2.50 bits per heavy atom. The fourth-order valence-corrected chi connectivity index (χ4v) is 3.60. The number of hydrogen-bond acceptors (Lipinski definition) is 4. The molecule has 7 nitrogen and oxygen atoms in total. The summed E-state index contributed by atoms with van der Waals surface area (Å²) in [6.07, 6.45) is 2.26. The van der Waals surface area contributed by atoms with E-state index in [1.54, 1.807) is 24.1 Å². The largest absolute Gasteiger partial charge is 0.496 e. The maximum Gasteiger partial charge on any atom is 0.325 e. The molecular formula is C21H31N3O4. The molecule has 2 rings (SSSR count). The molecule has 1 aliphatic heterocycles. The van der Waals surface area contributed by atoms with Crippen LogP contribution in [0.15, 0.2) is 18.2 Å². The van der Waals surface area contributed by atoms with E-state index in [-0.39, 0.29) is 18.4 Å². The zero-order chi connectivity index (χ0) is 20.9. The summed E-state index contributed by atoms with van der Waals surface area (Å²) in [5, 5.41) is 2.83. The molecule has 28 heavy (non-hydrogen) atoms. The van der Waals surface area contributed by atoms with Crippen molar-refractivity contribution >= 4 is 17.8 Å². The van der Waals surface area contributed by atoms with Crippen LogP contribution in [0.2, 0.25) is 0 Å². The Bertz CT molecular complexity index is 749. The van der Waals surface area contributed by atoms with E-state index in [9.17, 15) is 14.4 Å². The van der Waals surface area contributed by atoms with Crippen LogP contribution in [-0.4, -0.2) is 54.4 Å². The summed E-state index contributed by atoms with van der Waals surface area (Å²) in [5.41, 5.74) is 0.413. The van der Waals surface area contributed by atoms with Gasteiger partial charge in [-0.25, -0.2) is 4.79 Å². The molecular weight excluding hydrogens is 358 g/mol. The predicted molar refractivity (Wildman–Crippen MR) is 107 cm³/mol. The summed E-state index contributed by atoms with van der Waals surface area (Å²) in [6.45, 7) is 8.64. The Hall–Kier alpha value is -2.57. The molecule has 1 fully saturated rings. The molecule has 1 aromatic rings. The number of carbonyl (C=O) groups excluding carboxylic acids is 3. The number of urea groups is 1. The first-order chi connectivity index (χ1) is 13.3. The van der Waals surface area contributed by atoms with Gasteiger partial charge in [-0.2, -0.15) is 0 Å². The number of rotatable bonds is 9. The summed E-state index contributed by atoms with van der Waals surface area (Å²) in [5.74, 6) is 0.120. The first-order valence-electron chi connectivity index (χ1n) is 9.91. The number of nitrogens with zero attached hydrogens (tertiary/aromatic N) is 2. The zero-order valence-electron chi connectivity index (χ0n) is 17.5. The van der Waals surface area contributed by atoms with E-state index in [4.69, 9.17) is 4.74 Å². The highest BCUT2D eigenvalue weighted by Crippen LogP contribution is 2.34. The van der Waals surface area contributed by atoms with Crippen molar-refractivity contribution in [1.82, 2.24) is 15.1 Å². The van der Waals surface area contributed by atoms with Gasteiger partial charge in [0.25, 0.3) is 5.91 Å². The highest BCUT2D eigenvalue weighted by Gasteiger charge is 2.51. The molecule has 1 unspecified atom stereocenters. The Balaban J connectivity index is 2.27. The number of unbranched alkanes of at least 4 members (excludes halogenated alkanes) is 1. The van der Waals surface area contributed by atoms with Gasteiger partial charge in [0.2, 0.25) is 5.91 Å². The smallest absolute Gasteiger partial charge is 0.325 e. The molecule has 0 spiro atoms. The van der Waals surface area contributed by atoms with Crippen LogP contribution < -0.4 is 10.1 Å². The van der Waals surface area contributed by atoms with E-state index in [0.29, 0.717) is 30.8 Å². The van der Waals surface area contributed by atoms with Crippen molar-refractivity contribution < 1.29 is 19.1 Å². The lowest BCUT2D eigenvalue weighted by Gasteiger charge is -2.27. The lowest BCUT2D eigenvalue weighted by Crippen LogP contribution is -2.45. The second kappa shape index (κ2) is 9.08. The minimum atomic E-state index is -1.16. The van der Waals surface area contributed by atoms with Gasteiger partial charge in [0.15, 0.2) is 0 Å². The number of hydrogen-bond donors (Lipinski definition) is 1. The van der Waals surface area contributed by atoms with Crippen molar-refractivity contribution in [3.63, 3.8) is 0 Å². The number of nitrogens with one attached hydrogen (secondary N) is 1. The lowest BCUT2D eigenvalue weighted by molar-refractivity contribution is -0.139. The van der Waals surface area contributed by atoms with Crippen LogP contribution in [0.5, 0.6) is 5.75 Å². The third kappa shape index (κ3) is 3.98. The highest BCUT2D eigenvalue weighted by atomic mass is 16.5. The second-order valence-electron chi connectivity index (χ2n) is 7.09. The minimum Gasteiger partial charge on any atom is -0.496 e. The number of carbonyl (C=O) groups is 3. The van der Waals surface area contributed by atoms with E-state index in [0.717, 1.165) is 23.3 Å². The normalized spacial score (nSPS) is 19.0. The molecule has 4 amide bonds. The van der Waals surface area contributed by atoms with Gasteiger partial charge in [0.05, 0.1) is 7.11 Å². The SMILES string of the molecule is CCCCN(CC)C(=O)CN1C(=O)NC(CC)(c2ccc(OC)c(C)c2)C1=O. The number of methoxy groups -OCH3 is 1. The number of amides is 4. The second-order valence-corrected chi connectivity index (χ2v) is 7.09. The molecule has 1 aromatic carbocycles. The van der Waals surface area contributed by atoms with Gasteiger partial charge < -0.3 is 15.0 Å². The Labute approximate surface area is 167 Å². The number of ether oxygens (including phenoxy) is 1. The van der Waals surface area contributed by atoms with Gasteiger partial charge in [0.1, 0.15) is 17.8 Å². The van der Waals surface area contributed by atoms with Crippen molar-refractivity contribution in [1.29, 1.82) is 0 Å². The van der Waals surface area contributed by atoms with Gasteiger partial charge in [-0.05, 0) is 49.9 Å². The highest BCUT2D eigenvalue weighted by molar-refractivity contribution is 6.09. The third-order valence-electron chi connectivity index (χ3n) is 5.40. The van der Waals surface area contributed by atoms with Crippen LogP contribution >= 0.6 is 0 Å². The summed E-state index contributed by atoms with van der Waals surface area (Å²) >= 11 is 0. The van der Waals surface area contributed by atoms with Crippen LogP contribution in [0.25, 0.3) is 0 Å². The fraction of sp³-hybridized carbons (Fsp3) is 0.571. The summed E-state index contributed by atoms with van der Waals surface area (Å²) < 4.78 is 5.29. The van der Waals surface area contributed by atoms with Crippen molar-refractivity contribution in [2.75, 3.05) is 26.7 Å². The molecule has 1 aliphatic rings. The molecule has 0 saturated carbocycles. The molecule has 0 aliphatic carbocycles. The number of imide groups is 1. The molecule has 7 heteroatoms. The Kier molecular flexibility index (Phi) is 7.05. The van der Waals surface area contributed by atoms with Gasteiger partial charge in [0, 0.05) is 13.1 Å². The first-order valence-corrected chi connectivity index (χ1v) is 9.91. The van der Waals surface area contributed by atoms with Gasteiger partial charge in [-0.3, -0.25) is 14.5 Å². The average Bonchev–Trinajstić information content (AvgIpc) is 2.93.